The van der Waals surface area contributed by atoms with Crippen LogP contribution in [-0.4, -0.2) is 12.7 Å². The van der Waals surface area contributed by atoms with E-state index in [1.54, 1.807) is 6.92 Å². The van der Waals surface area contributed by atoms with Crippen LogP contribution in [0.1, 0.15) is 42.7 Å². The molecule has 0 saturated carbocycles. The van der Waals surface area contributed by atoms with Crippen molar-refractivity contribution in [2.75, 3.05) is 11.9 Å². The van der Waals surface area contributed by atoms with Crippen LogP contribution in [0.15, 0.2) is 0 Å². The van der Waals surface area contributed by atoms with Crippen molar-refractivity contribution in [3.8, 4) is 6.07 Å². The van der Waals surface area contributed by atoms with Crippen molar-refractivity contribution in [1.82, 2.24) is 0 Å². The molecule has 2 rings (SSSR count). The third-order valence-corrected chi connectivity index (χ3v) is 4.72. The molecule has 0 aromatic carbocycles. The zero-order valence-corrected chi connectivity index (χ0v) is 12.1. The first-order valence-electron chi connectivity index (χ1n) is 6.67. The van der Waals surface area contributed by atoms with Gasteiger partial charge in [0, 0.05) is 4.88 Å². The van der Waals surface area contributed by atoms with Gasteiger partial charge < -0.3 is 4.74 Å². The number of nitrogens with zero attached hydrogens (tertiary/aromatic N) is 1. The van der Waals surface area contributed by atoms with Gasteiger partial charge in [0.15, 0.2) is 0 Å². The normalized spacial score (nSPS) is 17.4. The fourth-order valence-electron chi connectivity index (χ4n) is 2.47. The average molecular weight is 278 g/mol. The Labute approximate surface area is 117 Å². The van der Waals surface area contributed by atoms with Gasteiger partial charge in [-0.15, -0.1) is 11.3 Å². The van der Waals surface area contributed by atoms with Crippen molar-refractivity contribution < 1.29 is 9.53 Å². The van der Waals surface area contributed by atoms with Gasteiger partial charge in [0.25, 0.3) is 0 Å². The highest BCUT2D eigenvalue weighted by molar-refractivity contribution is 7.16. The third-order valence-electron chi connectivity index (χ3n) is 3.55. The zero-order chi connectivity index (χ0) is 13.8. The number of nitriles is 1. The minimum Gasteiger partial charge on any atom is -0.450 e. The highest BCUT2D eigenvalue weighted by Gasteiger charge is 2.25. The summed E-state index contributed by atoms with van der Waals surface area (Å²) in [5, 5.41) is 12.6. The van der Waals surface area contributed by atoms with Gasteiger partial charge >= 0.3 is 6.09 Å². The first kappa shape index (κ1) is 13.9. The minimum atomic E-state index is -0.482. The quantitative estimate of drug-likeness (QED) is 0.917. The molecule has 0 aliphatic heterocycles. The fraction of sp³-hybridized carbons (Fsp3) is 0.571. The van der Waals surface area contributed by atoms with Crippen LogP contribution in [0, 0.1) is 17.2 Å². The van der Waals surface area contributed by atoms with Crippen LogP contribution < -0.4 is 5.32 Å². The van der Waals surface area contributed by atoms with Gasteiger partial charge in [-0.25, -0.2) is 4.79 Å². The summed E-state index contributed by atoms with van der Waals surface area (Å²) in [5.41, 5.74) is 1.76. The summed E-state index contributed by atoms with van der Waals surface area (Å²) in [7, 11) is 0. The molecule has 0 fully saturated rings. The van der Waals surface area contributed by atoms with E-state index in [0.717, 1.165) is 24.8 Å². The SMILES string of the molecule is CCOC(=O)Nc1sc2c(c1C#N)CC[C@@H](CC)C2. The van der Waals surface area contributed by atoms with Gasteiger partial charge in [0.1, 0.15) is 11.1 Å². The maximum absolute atomic E-state index is 11.5. The zero-order valence-electron chi connectivity index (χ0n) is 11.3. The number of hydrogen-bond acceptors (Lipinski definition) is 4. The summed E-state index contributed by atoms with van der Waals surface area (Å²) < 4.78 is 4.87. The lowest BCUT2D eigenvalue weighted by Gasteiger charge is -2.20. The Morgan fingerprint density at radius 2 is 2.37 bits per heavy atom. The summed E-state index contributed by atoms with van der Waals surface area (Å²) in [5.74, 6) is 0.702. The van der Waals surface area contributed by atoms with Gasteiger partial charge in [-0.3, -0.25) is 5.32 Å². The second-order valence-corrected chi connectivity index (χ2v) is 5.79. The molecule has 0 bridgehead atoms. The molecule has 0 unspecified atom stereocenters. The molecule has 1 aromatic heterocycles. The number of ether oxygens (including phenoxy) is 1. The van der Waals surface area contributed by atoms with E-state index < -0.39 is 6.09 Å². The van der Waals surface area contributed by atoms with Gasteiger partial charge in [-0.1, -0.05) is 13.3 Å². The Hall–Kier alpha value is -1.54. The maximum atomic E-state index is 11.5. The second kappa shape index (κ2) is 6.07. The predicted octanol–water partition coefficient (Wildman–Crippen LogP) is 3.70. The van der Waals surface area contributed by atoms with Crippen molar-refractivity contribution in [3.63, 3.8) is 0 Å². The number of thiophene rings is 1. The number of carbonyl (C=O) groups is 1. The lowest BCUT2D eigenvalue weighted by Crippen LogP contribution is -2.13. The van der Waals surface area contributed by atoms with Gasteiger partial charge in [-0.05, 0) is 37.7 Å². The molecule has 0 radical (unpaired) electrons. The van der Waals surface area contributed by atoms with Crippen molar-refractivity contribution >= 4 is 22.4 Å². The largest absolute Gasteiger partial charge is 0.450 e. The second-order valence-electron chi connectivity index (χ2n) is 4.68. The average Bonchev–Trinajstić information content (AvgIpc) is 2.74. The van der Waals surface area contributed by atoms with E-state index in [1.807, 2.05) is 0 Å². The number of anilines is 1. The van der Waals surface area contributed by atoms with E-state index in [1.165, 1.54) is 22.6 Å². The Kier molecular flexibility index (Phi) is 4.43. The highest BCUT2D eigenvalue weighted by atomic mass is 32.1. The van der Waals surface area contributed by atoms with E-state index >= 15 is 0 Å². The molecule has 1 aliphatic carbocycles. The van der Waals surface area contributed by atoms with Crippen molar-refractivity contribution in [2.24, 2.45) is 5.92 Å². The smallest absolute Gasteiger partial charge is 0.412 e. The number of fused-ring (bicyclic) bond motifs is 1. The minimum absolute atomic E-state index is 0.330. The van der Waals surface area contributed by atoms with E-state index in [2.05, 4.69) is 18.3 Å². The molecule has 4 nitrogen and oxygen atoms in total. The monoisotopic (exact) mass is 278 g/mol. The van der Waals surface area contributed by atoms with Gasteiger partial charge in [0.05, 0.1) is 12.2 Å². The molecule has 0 saturated heterocycles. The molecule has 1 amide bonds. The van der Waals surface area contributed by atoms with E-state index in [4.69, 9.17) is 4.74 Å². The summed E-state index contributed by atoms with van der Waals surface area (Å²) in [6.45, 7) is 4.29. The van der Waals surface area contributed by atoms with E-state index in [0.29, 0.717) is 23.1 Å². The van der Waals surface area contributed by atoms with Crippen LogP contribution >= 0.6 is 11.3 Å². The number of carbonyl (C=O) groups excluding carboxylic acids is 1. The molecule has 1 aliphatic rings. The number of amides is 1. The Bertz CT molecular complexity index is 516. The molecule has 5 heteroatoms. The molecular formula is C14H18N2O2S. The number of hydrogen-bond donors (Lipinski definition) is 1. The molecule has 1 aromatic rings. The highest BCUT2D eigenvalue weighted by Crippen LogP contribution is 2.39. The first-order valence-corrected chi connectivity index (χ1v) is 7.49. The van der Waals surface area contributed by atoms with Crippen molar-refractivity contribution in [1.29, 1.82) is 5.26 Å². The molecule has 1 heterocycles. The summed E-state index contributed by atoms with van der Waals surface area (Å²) in [6.07, 6.45) is 3.78. The molecule has 1 atom stereocenters. The van der Waals surface area contributed by atoms with Crippen LogP contribution in [0.5, 0.6) is 0 Å². The van der Waals surface area contributed by atoms with E-state index in [-0.39, 0.29) is 0 Å². The Morgan fingerprint density at radius 3 is 3.00 bits per heavy atom. The van der Waals surface area contributed by atoms with Crippen LogP contribution in [0.25, 0.3) is 0 Å². The Morgan fingerprint density at radius 1 is 1.58 bits per heavy atom. The lowest BCUT2D eigenvalue weighted by molar-refractivity contribution is 0.168. The lowest BCUT2D eigenvalue weighted by atomic mass is 9.86. The molecule has 19 heavy (non-hydrogen) atoms. The molecule has 102 valence electrons. The number of nitrogens with one attached hydrogen (secondary N) is 1. The standard InChI is InChI=1S/C14H18N2O2S/c1-3-9-5-6-10-11(8-15)13(19-12(10)7-9)16-14(17)18-4-2/h9H,3-7H2,1-2H3,(H,16,17)/t9-/m1/s1. The first-order chi connectivity index (χ1) is 9.19. The number of rotatable bonds is 3. The van der Waals surface area contributed by atoms with Crippen LogP contribution in [0.3, 0.4) is 0 Å². The molecule has 0 spiro atoms. The fourth-order valence-corrected chi connectivity index (χ4v) is 3.77. The van der Waals surface area contributed by atoms with Crippen molar-refractivity contribution in [2.45, 2.75) is 39.5 Å². The van der Waals surface area contributed by atoms with E-state index in [9.17, 15) is 10.1 Å². The maximum Gasteiger partial charge on any atom is 0.412 e. The topological polar surface area (TPSA) is 62.1 Å². The Balaban J connectivity index is 2.24. The molecule has 1 N–H and O–H groups in total. The van der Waals surface area contributed by atoms with Gasteiger partial charge in [0.2, 0.25) is 0 Å². The molecular weight excluding hydrogens is 260 g/mol. The summed E-state index contributed by atoms with van der Waals surface area (Å²) in [6, 6.07) is 2.22. The van der Waals surface area contributed by atoms with Crippen LogP contribution in [0.4, 0.5) is 9.80 Å². The van der Waals surface area contributed by atoms with Crippen LogP contribution in [0.2, 0.25) is 0 Å². The predicted molar refractivity (Wildman–Crippen MR) is 75.5 cm³/mol. The third kappa shape index (κ3) is 2.90. The summed E-state index contributed by atoms with van der Waals surface area (Å²) >= 11 is 1.53. The van der Waals surface area contributed by atoms with Crippen molar-refractivity contribution in [3.05, 3.63) is 16.0 Å². The van der Waals surface area contributed by atoms with Crippen LogP contribution in [-0.2, 0) is 17.6 Å². The summed E-state index contributed by atoms with van der Waals surface area (Å²) in [4.78, 5) is 12.7. The van der Waals surface area contributed by atoms with Gasteiger partial charge in [-0.2, -0.15) is 5.26 Å².